The van der Waals surface area contributed by atoms with Crippen LogP contribution in [0.2, 0.25) is 0 Å². The van der Waals surface area contributed by atoms with Gasteiger partial charge in [0.05, 0.1) is 10.5 Å². The van der Waals surface area contributed by atoms with Crippen LogP contribution in [0.5, 0.6) is 0 Å². The number of nitrogens with zero attached hydrogens (tertiary/aromatic N) is 3. The Bertz CT molecular complexity index is 792. The van der Waals surface area contributed by atoms with Crippen molar-refractivity contribution in [3.05, 3.63) is 29.8 Å². The summed E-state index contributed by atoms with van der Waals surface area (Å²) in [4.78, 5) is 24.5. The lowest BCUT2D eigenvalue weighted by molar-refractivity contribution is -0.152. The zero-order valence-electron chi connectivity index (χ0n) is 13.8. The smallest absolute Gasteiger partial charge is 0.306 e. The van der Waals surface area contributed by atoms with Gasteiger partial charge < -0.3 is 9.64 Å². The molecule has 0 unspecified atom stereocenters. The first-order valence-corrected chi connectivity index (χ1v) is 9.26. The van der Waals surface area contributed by atoms with Crippen molar-refractivity contribution < 1.29 is 22.7 Å². The molecule has 0 aromatic heterocycles. The second-order valence-corrected chi connectivity index (χ2v) is 7.31. The van der Waals surface area contributed by atoms with Crippen molar-refractivity contribution in [1.82, 2.24) is 9.21 Å². The van der Waals surface area contributed by atoms with Crippen LogP contribution in [0.25, 0.3) is 0 Å². The van der Waals surface area contributed by atoms with Crippen LogP contribution in [0.3, 0.4) is 0 Å². The number of sulfonamides is 1. The van der Waals surface area contributed by atoms with Gasteiger partial charge in [-0.3, -0.25) is 9.59 Å². The summed E-state index contributed by atoms with van der Waals surface area (Å²) in [6.07, 6.45) is 0.192. The molecular weight excluding hydrogens is 346 g/mol. The molecule has 2 rings (SSSR count). The van der Waals surface area contributed by atoms with Gasteiger partial charge in [0.2, 0.25) is 10.0 Å². The van der Waals surface area contributed by atoms with Gasteiger partial charge in [-0.1, -0.05) is 19.1 Å². The Morgan fingerprint density at radius 2 is 1.84 bits per heavy atom. The molecule has 0 aliphatic carbocycles. The van der Waals surface area contributed by atoms with Crippen LogP contribution in [0.15, 0.2) is 29.2 Å². The molecule has 1 amide bonds. The highest BCUT2D eigenvalue weighted by Crippen LogP contribution is 2.21. The van der Waals surface area contributed by atoms with E-state index in [1.54, 1.807) is 19.1 Å². The van der Waals surface area contributed by atoms with E-state index in [1.807, 2.05) is 6.07 Å². The van der Waals surface area contributed by atoms with Crippen LogP contribution in [-0.4, -0.2) is 62.3 Å². The maximum Gasteiger partial charge on any atom is 0.306 e. The number of carbonyl (C=O) groups excluding carboxylic acids is 2. The van der Waals surface area contributed by atoms with Crippen LogP contribution in [0, 0.1) is 11.3 Å². The summed E-state index contributed by atoms with van der Waals surface area (Å²) >= 11 is 0. The molecular formula is C16H19N3O5S. The second-order valence-electron chi connectivity index (χ2n) is 5.41. The number of hydrogen-bond donors (Lipinski definition) is 0. The SMILES string of the molecule is CCC(=O)OCC(=O)N1CCN(S(=O)(=O)c2ccccc2C#N)CC1. The normalized spacial score (nSPS) is 15.4. The zero-order chi connectivity index (χ0) is 18.4. The minimum atomic E-state index is -3.80. The van der Waals surface area contributed by atoms with E-state index >= 15 is 0 Å². The van der Waals surface area contributed by atoms with Crippen molar-refractivity contribution in [2.75, 3.05) is 32.8 Å². The number of rotatable bonds is 5. The van der Waals surface area contributed by atoms with Gasteiger partial charge in [-0.25, -0.2) is 8.42 Å². The molecule has 1 heterocycles. The summed E-state index contributed by atoms with van der Waals surface area (Å²) in [6, 6.07) is 7.90. The van der Waals surface area contributed by atoms with E-state index < -0.39 is 16.0 Å². The van der Waals surface area contributed by atoms with Gasteiger partial charge in [0.15, 0.2) is 6.61 Å². The van der Waals surface area contributed by atoms with E-state index in [4.69, 9.17) is 10.00 Å². The topological polar surface area (TPSA) is 108 Å². The van der Waals surface area contributed by atoms with E-state index in [2.05, 4.69) is 0 Å². The zero-order valence-corrected chi connectivity index (χ0v) is 14.7. The summed E-state index contributed by atoms with van der Waals surface area (Å²) in [5, 5.41) is 9.09. The Kier molecular flexibility index (Phi) is 6.12. The molecule has 8 nitrogen and oxygen atoms in total. The highest BCUT2D eigenvalue weighted by Gasteiger charge is 2.31. The van der Waals surface area contributed by atoms with Crippen molar-refractivity contribution in [2.24, 2.45) is 0 Å². The van der Waals surface area contributed by atoms with Gasteiger partial charge in [0.25, 0.3) is 5.91 Å². The summed E-state index contributed by atoms with van der Waals surface area (Å²) in [6.45, 7) is 1.95. The van der Waals surface area contributed by atoms with Gasteiger partial charge in [-0.2, -0.15) is 9.57 Å². The Balaban J connectivity index is 2.01. The average Bonchev–Trinajstić information content (AvgIpc) is 2.65. The fraction of sp³-hybridized carbons (Fsp3) is 0.438. The molecule has 1 aromatic rings. The summed E-state index contributed by atoms with van der Waals surface area (Å²) in [5.41, 5.74) is 0.0903. The summed E-state index contributed by atoms with van der Waals surface area (Å²) < 4.78 is 31.5. The molecule has 9 heteroatoms. The van der Waals surface area contributed by atoms with Crippen molar-refractivity contribution >= 4 is 21.9 Å². The molecule has 134 valence electrons. The Labute approximate surface area is 146 Å². The van der Waals surface area contributed by atoms with Crippen LogP contribution < -0.4 is 0 Å². The lowest BCUT2D eigenvalue weighted by Crippen LogP contribution is -2.51. The second kappa shape index (κ2) is 8.09. The minimum absolute atomic E-state index is 0.0332. The maximum absolute atomic E-state index is 12.7. The third-order valence-corrected chi connectivity index (χ3v) is 5.82. The van der Waals surface area contributed by atoms with Crippen molar-refractivity contribution in [1.29, 1.82) is 5.26 Å². The van der Waals surface area contributed by atoms with Crippen LogP contribution in [-0.2, 0) is 24.3 Å². The fourth-order valence-electron chi connectivity index (χ4n) is 2.44. The van der Waals surface area contributed by atoms with Crippen LogP contribution in [0.1, 0.15) is 18.9 Å². The van der Waals surface area contributed by atoms with Crippen LogP contribution >= 0.6 is 0 Å². The first kappa shape index (κ1) is 18.9. The number of ether oxygens (including phenoxy) is 1. The molecule has 1 fully saturated rings. The third-order valence-electron chi connectivity index (χ3n) is 3.86. The Hall–Kier alpha value is -2.44. The fourth-order valence-corrected chi connectivity index (χ4v) is 4.00. The van der Waals surface area contributed by atoms with E-state index in [0.29, 0.717) is 0 Å². The maximum atomic E-state index is 12.7. The number of esters is 1. The van der Waals surface area contributed by atoms with E-state index in [9.17, 15) is 18.0 Å². The number of hydrogen-bond acceptors (Lipinski definition) is 6. The summed E-state index contributed by atoms with van der Waals surface area (Å²) in [5.74, 6) is -0.807. The Morgan fingerprint density at radius 3 is 2.44 bits per heavy atom. The predicted molar refractivity (Wildman–Crippen MR) is 87.7 cm³/mol. The molecule has 0 radical (unpaired) electrons. The lowest BCUT2D eigenvalue weighted by atomic mass is 10.2. The number of nitriles is 1. The van der Waals surface area contributed by atoms with Gasteiger partial charge in [0, 0.05) is 32.6 Å². The molecule has 0 atom stereocenters. The predicted octanol–water partition coefficient (Wildman–Crippen LogP) is 0.344. The molecule has 1 saturated heterocycles. The van der Waals surface area contributed by atoms with E-state index in [-0.39, 0.29) is 55.6 Å². The standard InChI is InChI=1S/C16H19N3O5S/c1-2-16(21)24-12-15(20)18-7-9-19(10-8-18)25(22,23)14-6-4-3-5-13(14)11-17/h3-6H,2,7-10,12H2,1H3. The summed E-state index contributed by atoms with van der Waals surface area (Å²) in [7, 11) is -3.80. The van der Waals surface area contributed by atoms with E-state index in [1.165, 1.54) is 21.3 Å². The van der Waals surface area contributed by atoms with E-state index in [0.717, 1.165) is 0 Å². The molecule has 1 aliphatic heterocycles. The molecule has 1 aromatic carbocycles. The van der Waals surface area contributed by atoms with Crippen molar-refractivity contribution in [2.45, 2.75) is 18.2 Å². The molecule has 0 spiro atoms. The number of amides is 1. The molecule has 1 aliphatic rings. The van der Waals surface area contributed by atoms with Gasteiger partial charge in [-0.05, 0) is 12.1 Å². The van der Waals surface area contributed by atoms with Gasteiger partial charge >= 0.3 is 5.97 Å². The molecule has 25 heavy (non-hydrogen) atoms. The minimum Gasteiger partial charge on any atom is -0.456 e. The highest BCUT2D eigenvalue weighted by molar-refractivity contribution is 7.89. The number of benzene rings is 1. The average molecular weight is 365 g/mol. The molecule has 0 bridgehead atoms. The van der Waals surface area contributed by atoms with Crippen molar-refractivity contribution in [3.63, 3.8) is 0 Å². The lowest BCUT2D eigenvalue weighted by Gasteiger charge is -2.34. The largest absolute Gasteiger partial charge is 0.456 e. The quantitative estimate of drug-likeness (QED) is 0.697. The molecule has 0 N–H and O–H groups in total. The van der Waals surface area contributed by atoms with Gasteiger partial charge in [-0.15, -0.1) is 0 Å². The monoisotopic (exact) mass is 365 g/mol. The Morgan fingerprint density at radius 1 is 1.20 bits per heavy atom. The van der Waals surface area contributed by atoms with Crippen LogP contribution in [0.4, 0.5) is 0 Å². The number of carbonyl (C=O) groups is 2. The third kappa shape index (κ3) is 4.35. The number of piperazine rings is 1. The first-order chi connectivity index (χ1) is 11.9. The van der Waals surface area contributed by atoms with Gasteiger partial charge in [0.1, 0.15) is 6.07 Å². The highest BCUT2D eigenvalue weighted by atomic mass is 32.2. The van der Waals surface area contributed by atoms with Crippen molar-refractivity contribution in [3.8, 4) is 6.07 Å². The molecule has 0 saturated carbocycles. The first-order valence-electron chi connectivity index (χ1n) is 7.82.